The molecular weight excluding hydrogens is 192 g/mol. The normalized spacial score (nSPS) is 9.92. The molecule has 0 spiro atoms. The second-order valence-electron chi connectivity index (χ2n) is 2.30. The highest BCUT2D eigenvalue weighted by Crippen LogP contribution is 2.25. The molecule has 0 aliphatic heterocycles. The van der Waals surface area contributed by atoms with Crippen LogP contribution in [-0.2, 0) is 4.74 Å². The van der Waals surface area contributed by atoms with Crippen molar-refractivity contribution in [1.82, 2.24) is 0 Å². The largest absolute Gasteiger partial charge is 0.462 e. The van der Waals surface area contributed by atoms with E-state index < -0.39 is 0 Å². The molecule has 0 radical (unpaired) electrons. The van der Waals surface area contributed by atoms with Gasteiger partial charge in [-0.1, -0.05) is 0 Å². The third-order valence-electron chi connectivity index (χ3n) is 1.51. The Hall–Kier alpha value is -0.480. The molecule has 0 amide bonds. The number of carbonyl (C=O) groups excluding carboxylic acids is 1. The number of hydrogen-bond acceptors (Lipinski definition) is 4. The predicted molar refractivity (Wildman–Crippen MR) is 52.3 cm³/mol. The van der Waals surface area contributed by atoms with Crippen molar-refractivity contribution in [3.05, 3.63) is 16.5 Å². The lowest BCUT2D eigenvalue weighted by molar-refractivity contribution is 0.0526. The number of thiol groups is 1. The lowest BCUT2D eigenvalue weighted by Gasteiger charge is -1.99. The first-order chi connectivity index (χ1) is 5.66. The van der Waals surface area contributed by atoms with Crippen molar-refractivity contribution in [3.8, 4) is 0 Å². The van der Waals surface area contributed by atoms with E-state index in [4.69, 9.17) is 4.74 Å². The highest BCUT2D eigenvalue weighted by molar-refractivity contribution is 7.82. The van der Waals surface area contributed by atoms with Crippen molar-refractivity contribution >= 4 is 29.9 Å². The standard InChI is InChI=1S/C8H10O2S2/c1-3-10-7(9)6-4-12-8(11)5(6)2/h4,11H,3H2,1-2H3. The molecule has 1 heterocycles. The van der Waals surface area contributed by atoms with E-state index in [-0.39, 0.29) is 5.97 Å². The quantitative estimate of drug-likeness (QED) is 0.589. The number of ether oxygens (including phenoxy) is 1. The van der Waals surface area contributed by atoms with E-state index in [2.05, 4.69) is 12.6 Å². The molecule has 2 nitrogen and oxygen atoms in total. The summed E-state index contributed by atoms with van der Waals surface area (Å²) in [5, 5.41) is 1.77. The van der Waals surface area contributed by atoms with Crippen LogP contribution in [0.25, 0.3) is 0 Å². The van der Waals surface area contributed by atoms with Crippen molar-refractivity contribution in [2.45, 2.75) is 18.1 Å². The summed E-state index contributed by atoms with van der Waals surface area (Å²) in [6.07, 6.45) is 0. The monoisotopic (exact) mass is 202 g/mol. The molecule has 0 atom stereocenters. The topological polar surface area (TPSA) is 26.3 Å². The van der Waals surface area contributed by atoms with Crippen LogP contribution in [0.3, 0.4) is 0 Å². The zero-order valence-electron chi connectivity index (χ0n) is 6.96. The van der Waals surface area contributed by atoms with Gasteiger partial charge in [-0.25, -0.2) is 4.79 Å². The molecule has 0 fully saturated rings. The lowest BCUT2D eigenvalue weighted by Crippen LogP contribution is -2.04. The van der Waals surface area contributed by atoms with Crippen LogP contribution < -0.4 is 0 Å². The molecule has 0 bridgehead atoms. The molecule has 4 heteroatoms. The molecule has 1 rings (SSSR count). The summed E-state index contributed by atoms with van der Waals surface area (Å²) in [6, 6.07) is 0. The van der Waals surface area contributed by atoms with Crippen LogP contribution in [0.5, 0.6) is 0 Å². The van der Waals surface area contributed by atoms with Crippen LogP contribution in [0.4, 0.5) is 0 Å². The summed E-state index contributed by atoms with van der Waals surface area (Å²) in [6.45, 7) is 4.07. The minimum Gasteiger partial charge on any atom is -0.462 e. The van der Waals surface area contributed by atoms with Gasteiger partial charge in [0.1, 0.15) is 0 Å². The molecular formula is C8H10O2S2. The second kappa shape index (κ2) is 3.96. The SMILES string of the molecule is CCOC(=O)c1csc(S)c1C. The Balaban J connectivity index is 2.88. The number of esters is 1. The van der Waals surface area contributed by atoms with E-state index in [1.54, 1.807) is 12.3 Å². The number of carbonyl (C=O) groups is 1. The average molecular weight is 202 g/mol. The Bertz CT molecular complexity index is 291. The minimum atomic E-state index is -0.258. The van der Waals surface area contributed by atoms with Crippen molar-refractivity contribution < 1.29 is 9.53 Å². The summed E-state index contributed by atoms with van der Waals surface area (Å²) in [5.74, 6) is -0.258. The lowest BCUT2D eigenvalue weighted by atomic mass is 10.2. The fourth-order valence-electron chi connectivity index (χ4n) is 0.817. The summed E-state index contributed by atoms with van der Waals surface area (Å²) >= 11 is 5.64. The van der Waals surface area contributed by atoms with Gasteiger partial charge >= 0.3 is 5.97 Å². The van der Waals surface area contributed by atoms with Crippen LogP contribution in [0.2, 0.25) is 0 Å². The van der Waals surface area contributed by atoms with Crippen molar-refractivity contribution in [1.29, 1.82) is 0 Å². The van der Waals surface area contributed by atoms with E-state index >= 15 is 0 Å². The first kappa shape index (κ1) is 9.61. The van der Waals surface area contributed by atoms with Gasteiger partial charge in [0.2, 0.25) is 0 Å². The first-order valence-corrected chi connectivity index (χ1v) is 4.93. The summed E-state index contributed by atoms with van der Waals surface area (Å²) < 4.78 is 5.73. The molecule has 0 aliphatic carbocycles. The molecule has 0 aromatic carbocycles. The molecule has 0 saturated carbocycles. The van der Waals surface area contributed by atoms with Gasteiger partial charge in [-0.15, -0.1) is 24.0 Å². The molecule has 12 heavy (non-hydrogen) atoms. The van der Waals surface area contributed by atoms with Crippen LogP contribution in [0.15, 0.2) is 9.59 Å². The zero-order chi connectivity index (χ0) is 9.14. The van der Waals surface area contributed by atoms with Gasteiger partial charge in [-0.05, 0) is 19.4 Å². The van der Waals surface area contributed by atoms with Crippen LogP contribution in [0, 0.1) is 6.92 Å². The molecule has 1 aromatic heterocycles. The van der Waals surface area contributed by atoms with E-state index in [1.807, 2.05) is 6.92 Å². The molecule has 0 N–H and O–H groups in total. The maximum Gasteiger partial charge on any atom is 0.339 e. The Morgan fingerprint density at radius 3 is 2.83 bits per heavy atom. The molecule has 0 saturated heterocycles. The Kier molecular flexibility index (Phi) is 3.17. The Labute approximate surface area is 81.0 Å². The third kappa shape index (κ3) is 1.81. The van der Waals surface area contributed by atoms with E-state index in [0.29, 0.717) is 12.2 Å². The fraction of sp³-hybridized carbons (Fsp3) is 0.375. The summed E-state index contributed by atoms with van der Waals surface area (Å²) in [4.78, 5) is 11.2. The van der Waals surface area contributed by atoms with E-state index in [0.717, 1.165) is 9.77 Å². The van der Waals surface area contributed by atoms with Crippen molar-refractivity contribution in [2.24, 2.45) is 0 Å². The minimum absolute atomic E-state index is 0.258. The third-order valence-corrected chi connectivity index (χ3v) is 3.04. The van der Waals surface area contributed by atoms with Gasteiger partial charge in [0.05, 0.1) is 16.4 Å². The second-order valence-corrected chi connectivity index (χ2v) is 3.93. The maximum absolute atomic E-state index is 11.2. The van der Waals surface area contributed by atoms with E-state index in [1.165, 1.54) is 11.3 Å². The predicted octanol–water partition coefficient (Wildman–Crippen LogP) is 2.52. The Morgan fingerprint density at radius 2 is 2.42 bits per heavy atom. The average Bonchev–Trinajstić information content (AvgIpc) is 2.34. The van der Waals surface area contributed by atoms with E-state index in [9.17, 15) is 4.79 Å². The fourth-order valence-corrected chi connectivity index (χ4v) is 1.88. The van der Waals surface area contributed by atoms with Crippen LogP contribution >= 0.6 is 24.0 Å². The van der Waals surface area contributed by atoms with Crippen LogP contribution in [-0.4, -0.2) is 12.6 Å². The highest BCUT2D eigenvalue weighted by Gasteiger charge is 2.12. The maximum atomic E-state index is 11.2. The number of hydrogen-bond donors (Lipinski definition) is 1. The molecule has 66 valence electrons. The van der Waals surface area contributed by atoms with Gasteiger partial charge in [0, 0.05) is 5.38 Å². The molecule has 0 aliphatic rings. The molecule has 1 aromatic rings. The zero-order valence-corrected chi connectivity index (χ0v) is 8.67. The van der Waals surface area contributed by atoms with Gasteiger partial charge in [0.15, 0.2) is 0 Å². The van der Waals surface area contributed by atoms with Gasteiger partial charge in [-0.3, -0.25) is 0 Å². The number of thiophene rings is 1. The van der Waals surface area contributed by atoms with Crippen LogP contribution in [0.1, 0.15) is 22.8 Å². The van der Waals surface area contributed by atoms with Gasteiger partial charge in [0.25, 0.3) is 0 Å². The Morgan fingerprint density at radius 1 is 1.75 bits per heavy atom. The highest BCUT2D eigenvalue weighted by atomic mass is 32.2. The van der Waals surface area contributed by atoms with Crippen molar-refractivity contribution in [3.63, 3.8) is 0 Å². The molecule has 0 unspecified atom stereocenters. The van der Waals surface area contributed by atoms with Gasteiger partial charge in [-0.2, -0.15) is 0 Å². The van der Waals surface area contributed by atoms with Crippen molar-refractivity contribution in [2.75, 3.05) is 6.61 Å². The summed E-state index contributed by atoms with van der Waals surface area (Å²) in [7, 11) is 0. The smallest absolute Gasteiger partial charge is 0.339 e. The van der Waals surface area contributed by atoms with Gasteiger partial charge < -0.3 is 4.74 Å². The summed E-state index contributed by atoms with van der Waals surface area (Å²) in [5.41, 5.74) is 1.54. The number of rotatable bonds is 2. The first-order valence-electron chi connectivity index (χ1n) is 3.61.